The monoisotopic (exact) mass is 345 g/mol. The van der Waals surface area contributed by atoms with Crippen LogP contribution in [-0.2, 0) is 6.18 Å². The summed E-state index contributed by atoms with van der Waals surface area (Å²) in [7, 11) is -1.63. The Morgan fingerprint density at radius 1 is 0.958 bits per heavy atom. The van der Waals surface area contributed by atoms with E-state index >= 15 is 0 Å². The number of rotatable bonds is 2. The van der Waals surface area contributed by atoms with Crippen LogP contribution in [0.3, 0.4) is 0 Å². The fourth-order valence-corrected chi connectivity index (χ4v) is 2.38. The third-order valence-electron chi connectivity index (χ3n) is 3.02. The van der Waals surface area contributed by atoms with Gasteiger partial charge in [0.25, 0.3) is 0 Å². The van der Waals surface area contributed by atoms with Crippen molar-refractivity contribution in [3.05, 3.63) is 65.7 Å². The SMILES string of the molecule is C[Si](C)(C)C#CC(=Nc1cccc(C(F)(F)F)c1)c1ccccc1. The molecule has 5 heteroatoms. The van der Waals surface area contributed by atoms with E-state index in [4.69, 9.17) is 0 Å². The van der Waals surface area contributed by atoms with Crippen LogP contribution >= 0.6 is 0 Å². The van der Waals surface area contributed by atoms with E-state index in [1.54, 1.807) is 6.07 Å². The van der Waals surface area contributed by atoms with E-state index in [9.17, 15) is 13.2 Å². The molecule has 1 nitrogen and oxygen atoms in total. The predicted molar refractivity (Wildman–Crippen MR) is 95.2 cm³/mol. The Kier molecular flexibility index (Phi) is 5.30. The predicted octanol–water partition coefficient (Wildman–Crippen LogP) is 5.71. The molecule has 2 aromatic carbocycles. The molecule has 0 saturated heterocycles. The van der Waals surface area contributed by atoms with Crippen molar-refractivity contribution in [1.29, 1.82) is 0 Å². The third kappa shape index (κ3) is 5.39. The lowest BCUT2D eigenvalue weighted by Crippen LogP contribution is -2.17. The highest BCUT2D eigenvalue weighted by Gasteiger charge is 2.30. The summed E-state index contributed by atoms with van der Waals surface area (Å²) in [4.78, 5) is 4.37. The fraction of sp³-hybridized carbons (Fsp3) is 0.211. The molecule has 0 fully saturated rings. The Hall–Kier alpha value is -2.32. The average Bonchev–Trinajstić information content (AvgIpc) is 2.51. The number of hydrogen-bond donors (Lipinski definition) is 0. The first kappa shape index (κ1) is 18.0. The fourth-order valence-electron chi connectivity index (χ4n) is 1.89. The minimum Gasteiger partial charge on any atom is -0.239 e. The van der Waals surface area contributed by atoms with Gasteiger partial charge in [-0.3, -0.25) is 0 Å². The second kappa shape index (κ2) is 7.06. The van der Waals surface area contributed by atoms with Crippen LogP contribution < -0.4 is 0 Å². The first-order chi connectivity index (χ1) is 11.1. The van der Waals surface area contributed by atoms with Gasteiger partial charge in [-0.15, -0.1) is 5.54 Å². The molecule has 0 atom stereocenters. The van der Waals surface area contributed by atoms with E-state index in [0.29, 0.717) is 5.71 Å². The zero-order valence-corrected chi connectivity index (χ0v) is 14.8. The molecule has 0 amide bonds. The highest BCUT2D eigenvalue weighted by Crippen LogP contribution is 2.31. The van der Waals surface area contributed by atoms with Crippen molar-refractivity contribution < 1.29 is 13.2 Å². The van der Waals surface area contributed by atoms with E-state index in [1.807, 2.05) is 30.3 Å². The number of alkyl halides is 3. The van der Waals surface area contributed by atoms with Crippen LogP contribution in [0, 0.1) is 11.5 Å². The van der Waals surface area contributed by atoms with Gasteiger partial charge >= 0.3 is 6.18 Å². The molecule has 0 heterocycles. The van der Waals surface area contributed by atoms with Crippen molar-refractivity contribution in [2.24, 2.45) is 4.99 Å². The lowest BCUT2D eigenvalue weighted by Gasteiger charge is -2.08. The summed E-state index contributed by atoms with van der Waals surface area (Å²) in [6.45, 7) is 6.31. The highest BCUT2D eigenvalue weighted by molar-refractivity contribution is 6.84. The molecule has 2 aromatic rings. The van der Waals surface area contributed by atoms with Crippen LogP contribution in [0.4, 0.5) is 18.9 Å². The molecule has 2 rings (SSSR count). The van der Waals surface area contributed by atoms with E-state index in [1.165, 1.54) is 6.07 Å². The number of aliphatic imine (C=N–C) groups is 1. The lowest BCUT2D eigenvalue weighted by atomic mass is 10.1. The van der Waals surface area contributed by atoms with Crippen LogP contribution in [0.15, 0.2) is 59.6 Å². The van der Waals surface area contributed by atoms with Crippen molar-refractivity contribution in [2.45, 2.75) is 25.8 Å². The molecule has 0 radical (unpaired) electrons. The van der Waals surface area contributed by atoms with Gasteiger partial charge in [-0.2, -0.15) is 13.2 Å². The van der Waals surface area contributed by atoms with Crippen molar-refractivity contribution in [2.75, 3.05) is 0 Å². The zero-order chi connectivity index (χ0) is 17.8. The Labute approximate surface area is 141 Å². The summed E-state index contributed by atoms with van der Waals surface area (Å²) in [6.07, 6.45) is -4.39. The summed E-state index contributed by atoms with van der Waals surface area (Å²) in [6, 6.07) is 14.3. The van der Waals surface area contributed by atoms with E-state index < -0.39 is 19.8 Å². The van der Waals surface area contributed by atoms with Gasteiger partial charge in [-0.25, -0.2) is 4.99 Å². The first-order valence-electron chi connectivity index (χ1n) is 7.50. The van der Waals surface area contributed by atoms with Gasteiger partial charge < -0.3 is 0 Å². The molecule has 0 N–H and O–H groups in total. The number of nitrogens with zero attached hydrogens (tertiary/aromatic N) is 1. The summed E-state index contributed by atoms with van der Waals surface area (Å²) in [5, 5.41) is 0. The highest BCUT2D eigenvalue weighted by atomic mass is 28.3. The molecule has 0 aliphatic rings. The van der Waals surface area contributed by atoms with Gasteiger partial charge in [0.2, 0.25) is 0 Å². The lowest BCUT2D eigenvalue weighted by molar-refractivity contribution is -0.137. The molecule has 0 aromatic heterocycles. The van der Waals surface area contributed by atoms with E-state index in [0.717, 1.165) is 17.7 Å². The molecule has 0 spiro atoms. The largest absolute Gasteiger partial charge is 0.416 e. The van der Waals surface area contributed by atoms with Gasteiger partial charge in [0, 0.05) is 5.56 Å². The summed E-state index contributed by atoms with van der Waals surface area (Å²) in [5.41, 5.74) is 4.03. The van der Waals surface area contributed by atoms with Gasteiger partial charge in [-0.05, 0) is 18.2 Å². The molecule has 0 aliphatic heterocycles. The van der Waals surface area contributed by atoms with Crippen LogP contribution in [0.25, 0.3) is 0 Å². The maximum Gasteiger partial charge on any atom is 0.416 e. The molecular formula is C19H18F3NSi. The van der Waals surface area contributed by atoms with Gasteiger partial charge in [0.1, 0.15) is 13.8 Å². The van der Waals surface area contributed by atoms with Crippen LogP contribution in [0.5, 0.6) is 0 Å². The summed E-state index contributed by atoms with van der Waals surface area (Å²) in [5.74, 6) is 3.06. The van der Waals surface area contributed by atoms with Crippen molar-refractivity contribution in [1.82, 2.24) is 0 Å². The third-order valence-corrected chi connectivity index (χ3v) is 3.89. The first-order valence-corrected chi connectivity index (χ1v) is 11.0. The molecular weight excluding hydrogens is 327 g/mol. The maximum absolute atomic E-state index is 12.9. The summed E-state index contributed by atoms with van der Waals surface area (Å²) < 4.78 is 38.6. The van der Waals surface area contributed by atoms with Crippen LogP contribution in [0.2, 0.25) is 19.6 Å². The minimum absolute atomic E-state index is 0.244. The number of benzene rings is 2. The van der Waals surface area contributed by atoms with Crippen LogP contribution in [-0.4, -0.2) is 13.8 Å². The van der Waals surface area contributed by atoms with Crippen molar-refractivity contribution in [3.8, 4) is 11.5 Å². The van der Waals surface area contributed by atoms with Crippen LogP contribution in [0.1, 0.15) is 11.1 Å². The second-order valence-corrected chi connectivity index (χ2v) is 11.1. The molecule has 0 aliphatic carbocycles. The van der Waals surface area contributed by atoms with Gasteiger partial charge in [-0.1, -0.05) is 62.0 Å². The smallest absolute Gasteiger partial charge is 0.239 e. The Morgan fingerprint density at radius 3 is 2.21 bits per heavy atom. The van der Waals surface area contributed by atoms with Crippen molar-refractivity contribution >= 4 is 19.5 Å². The molecule has 124 valence electrons. The minimum atomic E-state index is -4.39. The van der Waals surface area contributed by atoms with E-state index in [-0.39, 0.29) is 5.69 Å². The quantitative estimate of drug-likeness (QED) is 0.376. The molecule has 0 bridgehead atoms. The molecule has 0 unspecified atom stereocenters. The maximum atomic E-state index is 12.9. The Bertz CT molecular complexity index is 791. The Balaban J connectivity index is 2.51. The normalized spacial score (nSPS) is 12.5. The standard InChI is InChI=1S/C19H18F3NSi/c1-24(2,3)13-12-18(15-8-5-4-6-9-15)23-17-11-7-10-16(14-17)19(20,21)22/h4-11,14H,1-3H3. The van der Waals surface area contributed by atoms with E-state index in [2.05, 4.69) is 36.1 Å². The van der Waals surface area contributed by atoms with Crippen molar-refractivity contribution in [3.63, 3.8) is 0 Å². The number of hydrogen-bond acceptors (Lipinski definition) is 1. The number of halogens is 3. The Morgan fingerprint density at radius 2 is 1.62 bits per heavy atom. The molecule has 24 heavy (non-hydrogen) atoms. The van der Waals surface area contributed by atoms with Gasteiger partial charge in [0.05, 0.1) is 11.3 Å². The average molecular weight is 345 g/mol. The molecule has 0 saturated carbocycles. The second-order valence-electron chi connectivity index (χ2n) is 6.37. The topological polar surface area (TPSA) is 12.4 Å². The summed E-state index contributed by atoms with van der Waals surface area (Å²) >= 11 is 0. The van der Waals surface area contributed by atoms with Gasteiger partial charge in [0.15, 0.2) is 0 Å². The zero-order valence-electron chi connectivity index (χ0n) is 13.8.